The lowest BCUT2D eigenvalue weighted by Gasteiger charge is -2.13. The molecular formula is C20H20N2O6. The van der Waals surface area contributed by atoms with Crippen LogP contribution in [0.5, 0.6) is 5.75 Å². The molecule has 0 saturated heterocycles. The largest absolute Gasteiger partial charge is 0.482 e. The van der Waals surface area contributed by atoms with Crippen molar-refractivity contribution in [3.63, 3.8) is 0 Å². The third-order valence-electron chi connectivity index (χ3n) is 4.09. The van der Waals surface area contributed by atoms with E-state index < -0.39 is 23.8 Å². The Morgan fingerprint density at radius 2 is 1.82 bits per heavy atom. The van der Waals surface area contributed by atoms with Crippen molar-refractivity contribution in [2.45, 2.75) is 26.9 Å². The van der Waals surface area contributed by atoms with Gasteiger partial charge in [0.05, 0.1) is 30.0 Å². The molecule has 2 rings (SSSR count). The number of carbonyl (C=O) groups is 3. The Bertz CT molecular complexity index is 937. The molecule has 0 fully saturated rings. The average molecular weight is 384 g/mol. The van der Waals surface area contributed by atoms with Crippen LogP contribution in [0.3, 0.4) is 0 Å². The number of hydrogen-bond acceptors (Lipinski definition) is 7. The number of nitrogens with one attached hydrogen (secondary N) is 1. The number of nitriles is 1. The molecule has 1 heterocycles. The first-order valence-electron chi connectivity index (χ1n) is 8.42. The van der Waals surface area contributed by atoms with Gasteiger partial charge in [0.1, 0.15) is 5.75 Å². The second-order valence-electron chi connectivity index (χ2n) is 6.04. The van der Waals surface area contributed by atoms with Gasteiger partial charge < -0.3 is 19.2 Å². The highest BCUT2D eigenvalue weighted by molar-refractivity contribution is 6.03. The number of ketones is 1. The molecule has 2 aromatic rings. The number of Topliss-reactive ketones (excluding diaryl/α,β-unsaturated/α-hetero) is 1. The van der Waals surface area contributed by atoms with Crippen LogP contribution in [0, 0.1) is 25.2 Å². The van der Waals surface area contributed by atoms with Crippen LogP contribution in [-0.2, 0) is 14.3 Å². The molecule has 146 valence electrons. The van der Waals surface area contributed by atoms with Gasteiger partial charge in [0, 0.05) is 5.69 Å². The van der Waals surface area contributed by atoms with E-state index in [0.29, 0.717) is 22.6 Å². The van der Waals surface area contributed by atoms with E-state index >= 15 is 0 Å². The van der Waals surface area contributed by atoms with Crippen molar-refractivity contribution in [3.8, 4) is 11.8 Å². The number of carbonyl (C=O) groups excluding carboxylic acids is 3. The zero-order valence-electron chi connectivity index (χ0n) is 16.0. The number of methoxy groups -OCH3 is 1. The Morgan fingerprint density at radius 1 is 1.18 bits per heavy atom. The minimum Gasteiger partial charge on any atom is -0.482 e. The van der Waals surface area contributed by atoms with E-state index in [9.17, 15) is 14.4 Å². The molecule has 1 N–H and O–H groups in total. The Hall–Kier alpha value is -3.60. The van der Waals surface area contributed by atoms with Crippen LogP contribution in [-0.4, -0.2) is 42.5 Å². The third-order valence-corrected chi connectivity index (χ3v) is 4.09. The van der Waals surface area contributed by atoms with E-state index in [1.807, 2.05) is 6.07 Å². The molecule has 28 heavy (non-hydrogen) atoms. The van der Waals surface area contributed by atoms with Gasteiger partial charge in [-0.2, -0.15) is 5.26 Å². The number of aromatic nitrogens is 1. The van der Waals surface area contributed by atoms with Crippen molar-refractivity contribution < 1.29 is 28.6 Å². The third kappa shape index (κ3) is 4.57. The number of benzene rings is 1. The molecular weight excluding hydrogens is 364 g/mol. The van der Waals surface area contributed by atoms with Crippen molar-refractivity contribution >= 4 is 17.7 Å². The number of esters is 2. The highest BCUT2D eigenvalue weighted by Gasteiger charge is 2.27. The summed E-state index contributed by atoms with van der Waals surface area (Å²) in [7, 11) is 1.26. The van der Waals surface area contributed by atoms with Crippen LogP contribution in [0.15, 0.2) is 24.3 Å². The van der Waals surface area contributed by atoms with Crippen LogP contribution in [0.4, 0.5) is 0 Å². The van der Waals surface area contributed by atoms with Crippen molar-refractivity contribution in [1.29, 1.82) is 5.26 Å². The normalized spacial score (nSPS) is 11.2. The summed E-state index contributed by atoms with van der Waals surface area (Å²) in [5.41, 5.74) is 1.87. The van der Waals surface area contributed by atoms with Gasteiger partial charge in [0.15, 0.2) is 12.7 Å². The van der Waals surface area contributed by atoms with Gasteiger partial charge in [0.2, 0.25) is 5.78 Å². The molecule has 1 atom stereocenters. The van der Waals surface area contributed by atoms with Gasteiger partial charge in [-0.25, -0.2) is 9.59 Å². The molecule has 8 heteroatoms. The van der Waals surface area contributed by atoms with Crippen molar-refractivity contribution in [2.75, 3.05) is 13.7 Å². The molecule has 0 aliphatic rings. The minimum atomic E-state index is -1.07. The number of aryl methyl sites for hydroxylation is 1. The van der Waals surface area contributed by atoms with Crippen LogP contribution < -0.4 is 4.74 Å². The monoisotopic (exact) mass is 384 g/mol. The maximum absolute atomic E-state index is 12.6. The van der Waals surface area contributed by atoms with Crippen molar-refractivity contribution in [2.24, 2.45) is 0 Å². The molecule has 8 nitrogen and oxygen atoms in total. The first kappa shape index (κ1) is 20.7. The molecule has 0 aliphatic carbocycles. The lowest BCUT2D eigenvalue weighted by atomic mass is 10.1. The maximum atomic E-state index is 12.6. The first-order valence-corrected chi connectivity index (χ1v) is 8.42. The molecule has 0 amide bonds. The van der Waals surface area contributed by atoms with Gasteiger partial charge >= 0.3 is 11.9 Å². The Balaban J connectivity index is 1.99. The topological polar surface area (TPSA) is 118 Å². The summed E-state index contributed by atoms with van der Waals surface area (Å²) >= 11 is 0. The summed E-state index contributed by atoms with van der Waals surface area (Å²) in [4.78, 5) is 39.2. The van der Waals surface area contributed by atoms with Crippen LogP contribution in [0.2, 0.25) is 0 Å². The summed E-state index contributed by atoms with van der Waals surface area (Å²) in [6.45, 7) is 4.32. The lowest BCUT2D eigenvalue weighted by molar-refractivity contribution is -0.148. The van der Waals surface area contributed by atoms with Crippen LogP contribution >= 0.6 is 0 Å². The van der Waals surface area contributed by atoms with Gasteiger partial charge in [-0.15, -0.1) is 0 Å². The Morgan fingerprint density at radius 3 is 2.39 bits per heavy atom. The van der Waals surface area contributed by atoms with Gasteiger partial charge in [0.25, 0.3) is 0 Å². The number of nitrogens with zero attached hydrogens (tertiary/aromatic N) is 1. The highest BCUT2D eigenvalue weighted by atomic mass is 16.6. The molecule has 0 saturated carbocycles. The number of rotatable bonds is 7. The zero-order valence-corrected chi connectivity index (χ0v) is 16.0. The quantitative estimate of drug-likeness (QED) is 0.575. The molecule has 0 aliphatic heterocycles. The standard InChI is InChI=1S/C20H20N2O6/c1-11-17(20(25)26-4)12(2)22-18(11)19(24)13(3)28-16(23)10-27-15-7-5-14(9-21)6-8-15/h5-8,13,22H,10H2,1-4H3. The summed E-state index contributed by atoms with van der Waals surface area (Å²) in [6, 6.07) is 8.20. The summed E-state index contributed by atoms with van der Waals surface area (Å²) in [5, 5.41) is 8.75. The maximum Gasteiger partial charge on any atom is 0.344 e. The zero-order chi connectivity index (χ0) is 20.8. The SMILES string of the molecule is COC(=O)c1c(C)[nH]c(C(=O)C(C)OC(=O)COc2ccc(C#N)cc2)c1C. The molecule has 1 aromatic heterocycles. The van der Waals surface area contributed by atoms with E-state index in [-0.39, 0.29) is 17.9 Å². The molecule has 0 radical (unpaired) electrons. The predicted octanol–water partition coefficient (Wildman–Crippen LogP) is 2.48. The Kier molecular flexibility index (Phi) is 6.55. The average Bonchev–Trinajstić information content (AvgIpc) is 2.99. The van der Waals surface area contributed by atoms with Gasteiger partial charge in [-0.3, -0.25) is 4.79 Å². The van der Waals surface area contributed by atoms with E-state index in [0.717, 1.165) is 0 Å². The fourth-order valence-electron chi connectivity index (χ4n) is 2.66. The number of aromatic amines is 1. The molecule has 1 aromatic carbocycles. The van der Waals surface area contributed by atoms with E-state index in [4.69, 9.17) is 19.5 Å². The highest BCUT2D eigenvalue weighted by Crippen LogP contribution is 2.21. The Labute approximate surface area is 162 Å². The number of ether oxygens (including phenoxy) is 3. The summed E-state index contributed by atoms with van der Waals surface area (Å²) < 4.78 is 15.1. The van der Waals surface area contributed by atoms with Crippen molar-refractivity contribution in [3.05, 3.63) is 52.3 Å². The smallest absolute Gasteiger partial charge is 0.344 e. The van der Waals surface area contributed by atoms with Crippen LogP contribution in [0.1, 0.15) is 44.6 Å². The first-order chi connectivity index (χ1) is 13.3. The lowest BCUT2D eigenvalue weighted by Crippen LogP contribution is -2.28. The molecule has 0 bridgehead atoms. The predicted molar refractivity (Wildman–Crippen MR) is 98.1 cm³/mol. The molecule has 1 unspecified atom stereocenters. The summed E-state index contributed by atoms with van der Waals surface area (Å²) in [5.74, 6) is -1.35. The minimum absolute atomic E-state index is 0.186. The fourth-order valence-corrected chi connectivity index (χ4v) is 2.66. The van der Waals surface area contributed by atoms with E-state index in [2.05, 4.69) is 4.98 Å². The van der Waals surface area contributed by atoms with Crippen LogP contribution in [0.25, 0.3) is 0 Å². The second-order valence-corrected chi connectivity index (χ2v) is 6.04. The fraction of sp³-hybridized carbons (Fsp3) is 0.300. The number of H-pyrrole nitrogens is 1. The second kappa shape index (κ2) is 8.86. The number of hydrogen-bond donors (Lipinski definition) is 1. The van der Waals surface area contributed by atoms with Crippen molar-refractivity contribution in [1.82, 2.24) is 4.98 Å². The van der Waals surface area contributed by atoms with E-state index in [1.54, 1.807) is 38.1 Å². The van der Waals surface area contributed by atoms with E-state index in [1.165, 1.54) is 14.0 Å². The summed E-state index contributed by atoms with van der Waals surface area (Å²) in [6.07, 6.45) is -1.07. The van der Waals surface area contributed by atoms with Gasteiger partial charge in [-0.1, -0.05) is 0 Å². The molecule has 0 spiro atoms. The van der Waals surface area contributed by atoms with Gasteiger partial charge in [-0.05, 0) is 50.6 Å².